The van der Waals surface area contributed by atoms with Crippen LogP contribution in [0.1, 0.15) is 15.9 Å². The van der Waals surface area contributed by atoms with Gasteiger partial charge in [-0.1, -0.05) is 0 Å². The number of benzene rings is 1. The van der Waals surface area contributed by atoms with E-state index in [0.717, 1.165) is 0 Å². The molecule has 0 aliphatic heterocycles. The van der Waals surface area contributed by atoms with Crippen molar-refractivity contribution in [3.8, 4) is 5.75 Å². The first kappa shape index (κ1) is 8.93. The van der Waals surface area contributed by atoms with Gasteiger partial charge in [-0.05, 0) is 18.2 Å². The van der Waals surface area contributed by atoms with E-state index in [4.69, 9.17) is 5.11 Å². The van der Waals surface area contributed by atoms with Gasteiger partial charge in [-0.15, -0.1) is 0 Å². The molecule has 3 nitrogen and oxygen atoms in total. The number of thiol groups is 1. The number of aromatic carboxylic acids is 1. The van der Waals surface area contributed by atoms with E-state index < -0.39 is 5.97 Å². The summed E-state index contributed by atoms with van der Waals surface area (Å²) in [5.74, 6) is -0.597. The van der Waals surface area contributed by atoms with E-state index in [9.17, 15) is 9.90 Å². The standard InChI is InChI=1S/C8H8O3S/c9-7-2-1-5(8(10)11)3-6(7)4-12/h1-3,9,12H,4H2,(H,10,11). The van der Waals surface area contributed by atoms with Crippen molar-refractivity contribution in [1.29, 1.82) is 0 Å². The second-order valence-electron chi connectivity index (χ2n) is 2.31. The molecule has 0 fully saturated rings. The summed E-state index contributed by atoms with van der Waals surface area (Å²) >= 11 is 3.94. The lowest BCUT2D eigenvalue weighted by Gasteiger charge is -2.01. The van der Waals surface area contributed by atoms with E-state index >= 15 is 0 Å². The summed E-state index contributed by atoms with van der Waals surface area (Å²) in [6.07, 6.45) is 0. The first-order chi connectivity index (χ1) is 5.65. The Labute approximate surface area is 75.1 Å². The molecule has 0 saturated carbocycles. The van der Waals surface area contributed by atoms with Gasteiger partial charge in [0.15, 0.2) is 0 Å². The van der Waals surface area contributed by atoms with E-state index in [1.165, 1.54) is 18.2 Å². The van der Waals surface area contributed by atoms with Gasteiger partial charge in [0.1, 0.15) is 5.75 Å². The second kappa shape index (κ2) is 3.49. The molecule has 2 N–H and O–H groups in total. The van der Waals surface area contributed by atoms with Crippen LogP contribution in [0.3, 0.4) is 0 Å². The average molecular weight is 184 g/mol. The predicted octanol–water partition coefficient (Wildman–Crippen LogP) is 1.52. The second-order valence-corrected chi connectivity index (χ2v) is 2.62. The fraction of sp³-hybridized carbons (Fsp3) is 0.125. The first-order valence-electron chi connectivity index (χ1n) is 3.31. The minimum atomic E-state index is -1.00. The lowest BCUT2D eigenvalue weighted by molar-refractivity contribution is 0.0697. The molecular formula is C8H8O3S. The van der Waals surface area contributed by atoms with Crippen LogP contribution in [0.25, 0.3) is 0 Å². The molecule has 12 heavy (non-hydrogen) atoms. The highest BCUT2D eigenvalue weighted by Gasteiger charge is 2.05. The number of hydrogen-bond donors (Lipinski definition) is 3. The Balaban J connectivity index is 3.13. The van der Waals surface area contributed by atoms with Crippen LogP contribution in [0.2, 0.25) is 0 Å². The molecule has 0 unspecified atom stereocenters. The minimum Gasteiger partial charge on any atom is -0.508 e. The molecular weight excluding hydrogens is 176 g/mol. The summed E-state index contributed by atoms with van der Waals surface area (Å²) < 4.78 is 0. The zero-order valence-electron chi connectivity index (χ0n) is 6.19. The molecule has 64 valence electrons. The van der Waals surface area contributed by atoms with Gasteiger partial charge < -0.3 is 10.2 Å². The molecule has 0 aliphatic carbocycles. The Hall–Kier alpha value is -1.16. The molecule has 1 aromatic carbocycles. The summed E-state index contributed by atoms with van der Waals surface area (Å²) in [5.41, 5.74) is 0.690. The summed E-state index contributed by atoms with van der Waals surface area (Å²) in [6.45, 7) is 0. The number of hydrogen-bond acceptors (Lipinski definition) is 3. The third kappa shape index (κ3) is 1.71. The molecule has 1 rings (SSSR count). The van der Waals surface area contributed by atoms with Crippen LogP contribution in [0.5, 0.6) is 5.75 Å². The molecule has 0 heterocycles. The van der Waals surface area contributed by atoms with Gasteiger partial charge in [-0.3, -0.25) is 0 Å². The van der Waals surface area contributed by atoms with Crippen LogP contribution >= 0.6 is 12.6 Å². The van der Waals surface area contributed by atoms with Crippen LogP contribution in [0.4, 0.5) is 0 Å². The molecule has 0 saturated heterocycles. The van der Waals surface area contributed by atoms with E-state index in [-0.39, 0.29) is 11.3 Å². The number of carbonyl (C=O) groups is 1. The lowest BCUT2D eigenvalue weighted by atomic mass is 10.1. The molecule has 0 aromatic heterocycles. The van der Waals surface area contributed by atoms with Crippen molar-refractivity contribution in [1.82, 2.24) is 0 Å². The Morgan fingerprint density at radius 2 is 2.17 bits per heavy atom. The zero-order valence-corrected chi connectivity index (χ0v) is 7.08. The van der Waals surface area contributed by atoms with Crippen LogP contribution in [-0.4, -0.2) is 16.2 Å². The highest BCUT2D eigenvalue weighted by atomic mass is 32.1. The van der Waals surface area contributed by atoms with E-state index in [0.29, 0.717) is 11.3 Å². The minimum absolute atomic E-state index is 0.0787. The van der Waals surface area contributed by atoms with Crippen LogP contribution < -0.4 is 0 Å². The van der Waals surface area contributed by atoms with Crippen LogP contribution in [-0.2, 0) is 5.75 Å². The predicted molar refractivity (Wildman–Crippen MR) is 47.8 cm³/mol. The van der Waals surface area contributed by atoms with Crippen LogP contribution in [0.15, 0.2) is 18.2 Å². The number of carboxylic acids is 1. The fourth-order valence-electron chi connectivity index (χ4n) is 0.845. The maximum atomic E-state index is 10.5. The lowest BCUT2D eigenvalue weighted by Crippen LogP contribution is -1.96. The van der Waals surface area contributed by atoms with Gasteiger partial charge in [0.05, 0.1) is 5.56 Å². The molecule has 0 amide bonds. The van der Waals surface area contributed by atoms with Gasteiger partial charge in [0.2, 0.25) is 0 Å². The third-order valence-electron chi connectivity index (χ3n) is 1.50. The number of phenols is 1. The van der Waals surface area contributed by atoms with E-state index in [1.54, 1.807) is 0 Å². The van der Waals surface area contributed by atoms with Crippen molar-refractivity contribution < 1.29 is 15.0 Å². The summed E-state index contributed by atoms with van der Waals surface area (Å²) in [5, 5.41) is 17.8. The molecule has 0 spiro atoms. The monoisotopic (exact) mass is 184 g/mol. The zero-order chi connectivity index (χ0) is 9.14. The third-order valence-corrected chi connectivity index (χ3v) is 1.84. The highest BCUT2D eigenvalue weighted by Crippen LogP contribution is 2.19. The van der Waals surface area contributed by atoms with Crippen LogP contribution in [0, 0.1) is 0 Å². The van der Waals surface area contributed by atoms with E-state index in [1.807, 2.05) is 0 Å². The summed E-state index contributed by atoms with van der Waals surface area (Å²) in [6, 6.07) is 4.12. The Bertz CT molecular complexity index is 309. The quantitative estimate of drug-likeness (QED) is 0.611. The maximum Gasteiger partial charge on any atom is 0.335 e. The number of rotatable bonds is 2. The van der Waals surface area contributed by atoms with Gasteiger partial charge in [-0.2, -0.15) is 12.6 Å². The number of phenolic OH excluding ortho intramolecular Hbond substituents is 1. The smallest absolute Gasteiger partial charge is 0.335 e. The highest BCUT2D eigenvalue weighted by molar-refractivity contribution is 7.79. The Kier molecular flexibility index (Phi) is 2.60. The van der Waals surface area contributed by atoms with Crippen molar-refractivity contribution >= 4 is 18.6 Å². The maximum absolute atomic E-state index is 10.5. The first-order valence-corrected chi connectivity index (χ1v) is 3.94. The summed E-state index contributed by atoms with van der Waals surface area (Å²) in [4.78, 5) is 10.5. The largest absolute Gasteiger partial charge is 0.508 e. The Morgan fingerprint density at radius 3 is 2.67 bits per heavy atom. The molecule has 0 aliphatic rings. The number of aromatic hydroxyl groups is 1. The normalized spacial score (nSPS) is 9.75. The molecule has 4 heteroatoms. The van der Waals surface area contributed by atoms with Crippen molar-refractivity contribution in [2.75, 3.05) is 0 Å². The summed E-state index contributed by atoms with van der Waals surface area (Å²) in [7, 11) is 0. The fourth-order valence-corrected chi connectivity index (χ4v) is 1.10. The van der Waals surface area contributed by atoms with Crippen molar-refractivity contribution in [3.05, 3.63) is 29.3 Å². The Morgan fingerprint density at radius 1 is 1.50 bits per heavy atom. The van der Waals surface area contributed by atoms with Crippen molar-refractivity contribution in [3.63, 3.8) is 0 Å². The van der Waals surface area contributed by atoms with Gasteiger partial charge in [0, 0.05) is 11.3 Å². The molecule has 0 atom stereocenters. The van der Waals surface area contributed by atoms with E-state index in [2.05, 4.69) is 12.6 Å². The average Bonchev–Trinajstić information content (AvgIpc) is 2.05. The molecule has 0 bridgehead atoms. The SMILES string of the molecule is O=C(O)c1ccc(O)c(CS)c1. The van der Waals surface area contributed by atoms with Crippen molar-refractivity contribution in [2.45, 2.75) is 5.75 Å². The van der Waals surface area contributed by atoms with Gasteiger partial charge >= 0.3 is 5.97 Å². The molecule has 1 aromatic rings. The molecule has 0 radical (unpaired) electrons. The topological polar surface area (TPSA) is 57.5 Å². The van der Waals surface area contributed by atoms with Crippen molar-refractivity contribution in [2.24, 2.45) is 0 Å². The van der Waals surface area contributed by atoms with Gasteiger partial charge in [0.25, 0.3) is 0 Å². The van der Waals surface area contributed by atoms with Gasteiger partial charge in [-0.25, -0.2) is 4.79 Å². The number of carboxylic acid groups (broad SMARTS) is 1.